The normalized spacial score (nSPS) is 20.3. The summed E-state index contributed by atoms with van der Waals surface area (Å²) in [5, 5.41) is 2.73. The van der Waals surface area contributed by atoms with Crippen LogP contribution >= 0.6 is 0 Å². The van der Waals surface area contributed by atoms with Gasteiger partial charge in [-0.05, 0) is 28.0 Å². The van der Waals surface area contributed by atoms with Crippen LogP contribution in [0.4, 0.5) is 0 Å². The summed E-state index contributed by atoms with van der Waals surface area (Å²) in [6.07, 6.45) is 3.60. The molecule has 0 saturated carbocycles. The summed E-state index contributed by atoms with van der Waals surface area (Å²) in [6, 6.07) is 15.3. The molecule has 0 amide bonds. The van der Waals surface area contributed by atoms with E-state index in [9.17, 15) is 0 Å². The van der Waals surface area contributed by atoms with Crippen molar-refractivity contribution in [3.63, 3.8) is 0 Å². The lowest BCUT2D eigenvalue weighted by Crippen LogP contribution is -3.09. The summed E-state index contributed by atoms with van der Waals surface area (Å²) in [5.41, 5.74) is 2.95. The number of hydrogen-bond acceptors (Lipinski definition) is 0. The van der Waals surface area contributed by atoms with Crippen LogP contribution in [0.5, 0.6) is 0 Å². The van der Waals surface area contributed by atoms with Gasteiger partial charge in [0.05, 0.1) is 20.1 Å². The van der Waals surface area contributed by atoms with Crippen LogP contribution in [0.25, 0.3) is 16.3 Å². The summed E-state index contributed by atoms with van der Waals surface area (Å²) in [4.78, 5) is 1.61. The zero-order valence-electron chi connectivity index (χ0n) is 10.2. The third-order valence-corrected chi connectivity index (χ3v) is 3.65. The highest BCUT2D eigenvalue weighted by Gasteiger charge is 2.13. The molecule has 0 saturated heterocycles. The Morgan fingerprint density at radius 3 is 2.65 bits per heavy atom. The maximum Gasteiger partial charge on any atom is 0.0962 e. The number of rotatable bonds is 1. The van der Waals surface area contributed by atoms with Crippen LogP contribution in [0.2, 0.25) is 0 Å². The van der Waals surface area contributed by atoms with Crippen LogP contribution in [-0.2, 0) is 0 Å². The van der Waals surface area contributed by atoms with Crippen LogP contribution in [0.1, 0.15) is 12.0 Å². The molecule has 0 fully saturated rings. The van der Waals surface area contributed by atoms with Gasteiger partial charge in [0.25, 0.3) is 0 Å². The molecule has 1 aliphatic heterocycles. The minimum Gasteiger partial charge on any atom is -0.334 e. The molecule has 0 bridgehead atoms. The maximum absolute atomic E-state index is 2.40. The average Bonchev–Trinajstić information content (AvgIpc) is 2.39. The van der Waals surface area contributed by atoms with Gasteiger partial charge in [0.2, 0.25) is 0 Å². The third kappa shape index (κ3) is 1.98. The van der Waals surface area contributed by atoms with E-state index in [2.05, 4.69) is 55.6 Å². The van der Waals surface area contributed by atoms with E-state index in [-0.39, 0.29) is 0 Å². The Hall–Kier alpha value is -1.60. The van der Waals surface area contributed by atoms with Gasteiger partial charge in [-0.15, -0.1) is 0 Å². The molecule has 2 aromatic rings. The Labute approximate surface area is 102 Å². The van der Waals surface area contributed by atoms with Crippen molar-refractivity contribution in [2.75, 3.05) is 20.1 Å². The van der Waals surface area contributed by atoms with Crippen molar-refractivity contribution < 1.29 is 4.90 Å². The highest BCUT2D eigenvalue weighted by molar-refractivity contribution is 5.93. The van der Waals surface area contributed by atoms with E-state index in [1.165, 1.54) is 34.9 Å². The predicted molar refractivity (Wildman–Crippen MR) is 73.2 cm³/mol. The highest BCUT2D eigenvalue weighted by Crippen LogP contribution is 2.27. The van der Waals surface area contributed by atoms with E-state index in [0.29, 0.717) is 0 Å². The van der Waals surface area contributed by atoms with Gasteiger partial charge in [-0.3, -0.25) is 0 Å². The van der Waals surface area contributed by atoms with Crippen LogP contribution in [0.3, 0.4) is 0 Å². The quantitative estimate of drug-likeness (QED) is 0.757. The molecule has 1 heterocycles. The zero-order valence-corrected chi connectivity index (χ0v) is 10.2. The zero-order chi connectivity index (χ0) is 11.7. The second kappa shape index (κ2) is 4.34. The first kappa shape index (κ1) is 10.5. The van der Waals surface area contributed by atoms with Gasteiger partial charge in [0.1, 0.15) is 0 Å². The van der Waals surface area contributed by atoms with Crippen molar-refractivity contribution in [2.24, 2.45) is 0 Å². The van der Waals surface area contributed by atoms with Crippen molar-refractivity contribution in [3.8, 4) is 0 Å². The molecule has 0 aromatic heterocycles. The lowest BCUT2D eigenvalue weighted by molar-refractivity contribution is -0.874. The van der Waals surface area contributed by atoms with Gasteiger partial charge >= 0.3 is 0 Å². The van der Waals surface area contributed by atoms with E-state index in [4.69, 9.17) is 0 Å². The van der Waals surface area contributed by atoms with Crippen LogP contribution in [-0.4, -0.2) is 20.1 Å². The van der Waals surface area contributed by atoms with Gasteiger partial charge in [-0.2, -0.15) is 0 Å². The molecular weight excluding hydrogens is 206 g/mol. The number of likely N-dealkylation sites (N-methyl/N-ethyl adjacent to an activating group) is 1. The first-order valence-electron chi connectivity index (χ1n) is 6.33. The monoisotopic (exact) mass is 224 g/mol. The minimum absolute atomic E-state index is 1.15. The maximum atomic E-state index is 2.40. The third-order valence-electron chi connectivity index (χ3n) is 3.65. The van der Waals surface area contributed by atoms with E-state index < -0.39 is 0 Å². The van der Waals surface area contributed by atoms with Crippen molar-refractivity contribution in [1.82, 2.24) is 0 Å². The number of nitrogens with one attached hydrogen (secondary N) is 1. The standard InChI is InChI=1S/C16H17N/c1-17-11-9-14(10-12-17)16-8-4-6-13-5-2-3-7-15(13)16/h2-9H,10-12H2,1H3/p+1. The number of hydrogen-bond donors (Lipinski definition) is 1. The Bertz CT molecular complexity index is 563. The molecule has 1 aliphatic rings. The average molecular weight is 224 g/mol. The van der Waals surface area contributed by atoms with E-state index in [0.717, 1.165) is 6.54 Å². The first-order valence-corrected chi connectivity index (χ1v) is 6.33. The van der Waals surface area contributed by atoms with E-state index >= 15 is 0 Å². The van der Waals surface area contributed by atoms with Gasteiger partial charge in [-0.25, -0.2) is 0 Å². The van der Waals surface area contributed by atoms with Crippen LogP contribution in [0.15, 0.2) is 48.5 Å². The molecule has 1 unspecified atom stereocenters. The summed E-state index contributed by atoms with van der Waals surface area (Å²) in [7, 11) is 2.26. The van der Waals surface area contributed by atoms with Crippen molar-refractivity contribution >= 4 is 16.3 Å². The lowest BCUT2D eigenvalue weighted by atomic mass is 9.94. The molecule has 1 nitrogen and oxygen atoms in total. The largest absolute Gasteiger partial charge is 0.334 e. The van der Waals surface area contributed by atoms with Crippen molar-refractivity contribution in [3.05, 3.63) is 54.1 Å². The summed E-state index contributed by atoms with van der Waals surface area (Å²) in [6.45, 7) is 2.40. The minimum atomic E-state index is 1.15. The van der Waals surface area contributed by atoms with Gasteiger partial charge in [0.15, 0.2) is 0 Å². The molecule has 0 aliphatic carbocycles. The Morgan fingerprint density at radius 2 is 1.82 bits per heavy atom. The highest BCUT2D eigenvalue weighted by atomic mass is 15.1. The molecule has 3 rings (SSSR count). The van der Waals surface area contributed by atoms with Gasteiger partial charge in [-0.1, -0.05) is 42.5 Å². The molecular formula is C16H18N+. The predicted octanol–water partition coefficient (Wildman–Crippen LogP) is 2.14. The molecule has 1 heteroatoms. The lowest BCUT2D eigenvalue weighted by Gasteiger charge is -2.20. The summed E-state index contributed by atoms with van der Waals surface area (Å²) >= 11 is 0. The molecule has 1 N–H and O–H groups in total. The second-order valence-electron chi connectivity index (χ2n) is 4.92. The van der Waals surface area contributed by atoms with E-state index in [1.807, 2.05) is 0 Å². The van der Waals surface area contributed by atoms with Crippen molar-refractivity contribution in [2.45, 2.75) is 6.42 Å². The van der Waals surface area contributed by atoms with E-state index in [1.54, 1.807) is 4.90 Å². The molecule has 2 aromatic carbocycles. The number of fused-ring (bicyclic) bond motifs is 1. The number of benzene rings is 2. The summed E-state index contributed by atoms with van der Waals surface area (Å²) in [5.74, 6) is 0. The fraction of sp³-hybridized carbons (Fsp3) is 0.250. The molecule has 86 valence electrons. The van der Waals surface area contributed by atoms with Crippen molar-refractivity contribution in [1.29, 1.82) is 0 Å². The molecule has 17 heavy (non-hydrogen) atoms. The summed E-state index contributed by atoms with van der Waals surface area (Å²) < 4.78 is 0. The fourth-order valence-corrected chi connectivity index (χ4v) is 2.60. The van der Waals surface area contributed by atoms with Gasteiger partial charge in [0, 0.05) is 6.42 Å². The first-order chi connectivity index (χ1) is 8.34. The topological polar surface area (TPSA) is 4.44 Å². The second-order valence-corrected chi connectivity index (χ2v) is 4.92. The SMILES string of the molecule is C[NH+]1CC=C(c2cccc3ccccc23)CC1. The van der Waals surface area contributed by atoms with Crippen LogP contribution in [0, 0.1) is 0 Å². The smallest absolute Gasteiger partial charge is 0.0962 e. The fourth-order valence-electron chi connectivity index (χ4n) is 2.60. The number of quaternary nitrogens is 1. The molecule has 0 spiro atoms. The van der Waals surface area contributed by atoms with Crippen LogP contribution < -0.4 is 4.90 Å². The molecule has 1 atom stereocenters. The molecule has 0 radical (unpaired) electrons. The van der Waals surface area contributed by atoms with Gasteiger partial charge < -0.3 is 4.90 Å². The Morgan fingerprint density at radius 1 is 1.00 bits per heavy atom. The Balaban J connectivity index is 2.11. The Kier molecular flexibility index (Phi) is 2.69.